The minimum absolute atomic E-state index is 0.0489. The molecule has 2 heterocycles. The summed E-state index contributed by atoms with van der Waals surface area (Å²) in [4.78, 5) is 23.6. The normalized spacial score (nSPS) is 15.4. The monoisotopic (exact) mass is 352 g/mol. The summed E-state index contributed by atoms with van der Waals surface area (Å²) in [5, 5.41) is 3.03. The number of hydrogen-bond acceptors (Lipinski definition) is 4. The maximum Gasteiger partial charge on any atom is 0.274 e. The standard InChI is InChI=1S/C21H28N4O/c1-21(2,3)16-10-6-7-11-17(16)24-20(26)18-14-19(23-15-22-18)25-12-8-4-5-9-13-25/h6-7,10-11,14-15H,4-5,8-9,12-13H2,1-3H3,(H,24,26). The Morgan fingerprint density at radius 1 is 1.04 bits per heavy atom. The van der Waals surface area contributed by atoms with Crippen LogP contribution in [0.4, 0.5) is 11.5 Å². The van der Waals surface area contributed by atoms with Crippen LogP contribution in [-0.2, 0) is 5.41 Å². The van der Waals surface area contributed by atoms with Gasteiger partial charge in [-0.05, 0) is 29.9 Å². The lowest BCUT2D eigenvalue weighted by Crippen LogP contribution is -2.26. The van der Waals surface area contributed by atoms with Gasteiger partial charge < -0.3 is 10.2 Å². The molecule has 0 spiro atoms. The van der Waals surface area contributed by atoms with Crippen LogP contribution >= 0.6 is 0 Å². The van der Waals surface area contributed by atoms with E-state index in [4.69, 9.17) is 0 Å². The van der Waals surface area contributed by atoms with Crippen LogP contribution in [0.2, 0.25) is 0 Å². The molecule has 2 aromatic rings. The molecule has 0 aliphatic carbocycles. The lowest BCUT2D eigenvalue weighted by molar-refractivity contribution is 0.102. The van der Waals surface area contributed by atoms with E-state index >= 15 is 0 Å². The van der Waals surface area contributed by atoms with Gasteiger partial charge in [0, 0.05) is 24.8 Å². The zero-order chi connectivity index (χ0) is 18.6. The predicted octanol–water partition coefficient (Wildman–Crippen LogP) is 4.41. The first-order valence-electron chi connectivity index (χ1n) is 9.43. The Kier molecular flexibility index (Phi) is 5.55. The number of benzene rings is 1. The highest BCUT2D eigenvalue weighted by atomic mass is 16.1. The Bertz CT molecular complexity index is 759. The van der Waals surface area contributed by atoms with E-state index in [2.05, 4.69) is 47.0 Å². The lowest BCUT2D eigenvalue weighted by atomic mass is 9.86. The largest absolute Gasteiger partial charge is 0.357 e. The van der Waals surface area contributed by atoms with Crippen LogP contribution in [-0.4, -0.2) is 29.0 Å². The highest BCUT2D eigenvalue weighted by molar-refractivity contribution is 6.03. The zero-order valence-corrected chi connectivity index (χ0v) is 16.0. The Balaban J connectivity index is 1.80. The van der Waals surface area contributed by atoms with Crippen LogP contribution in [0, 0.1) is 0 Å². The molecule has 0 saturated carbocycles. The summed E-state index contributed by atoms with van der Waals surface area (Å²) in [7, 11) is 0. The van der Waals surface area contributed by atoms with Crippen molar-refractivity contribution in [3.05, 3.63) is 47.9 Å². The van der Waals surface area contributed by atoms with E-state index < -0.39 is 0 Å². The molecule has 138 valence electrons. The number of nitrogens with one attached hydrogen (secondary N) is 1. The summed E-state index contributed by atoms with van der Waals surface area (Å²) in [5.74, 6) is 0.649. The fourth-order valence-corrected chi connectivity index (χ4v) is 3.38. The van der Waals surface area contributed by atoms with Crippen LogP contribution in [0.3, 0.4) is 0 Å². The van der Waals surface area contributed by atoms with Crippen molar-refractivity contribution < 1.29 is 4.79 Å². The second kappa shape index (κ2) is 7.85. The number of carbonyl (C=O) groups is 1. The summed E-state index contributed by atoms with van der Waals surface area (Å²) in [6, 6.07) is 9.74. The summed E-state index contributed by atoms with van der Waals surface area (Å²) in [6.07, 6.45) is 6.36. The number of amides is 1. The van der Waals surface area contributed by atoms with Crippen molar-refractivity contribution in [3.63, 3.8) is 0 Å². The van der Waals surface area contributed by atoms with E-state index in [0.29, 0.717) is 5.69 Å². The third-order valence-corrected chi connectivity index (χ3v) is 4.80. The van der Waals surface area contributed by atoms with Gasteiger partial charge in [-0.25, -0.2) is 9.97 Å². The highest BCUT2D eigenvalue weighted by Crippen LogP contribution is 2.29. The second-order valence-corrected chi connectivity index (χ2v) is 7.91. The summed E-state index contributed by atoms with van der Waals surface area (Å²) < 4.78 is 0. The van der Waals surface area contributed by atoms with Gasteiger partial charge >= 0.3 is 0 Å². The number of rotatable bonds is 3. The zero-order valence-electron chi connectivity index (χ0n) is 16.0. The number of carbonyl (C=O) groups excluding carboxylic acids is 1. The molecule has 0 unspecified atom stereocenters. The van der Waals surface area contributed by atoms with Gasteiger partial charge in [0.1, 0.15) is 17.8 Å². The van der Waals surface area contributed by atoms with Gasteiger partial charge in [0.15, 0.2) is 0 Å². The Hall–Kier alpha value is -2.43. The van der Waals surface area contributed by atoms with Crippen LogP contribution in [0.1, 0.15) is 62.5 Å². The second-order valence-electron chi connectivity index (χ2n) is 7.91. The first-order valence-corrected chi connectivity index (χ1v) is 9.43. The first kappa shape index (κ1) is 18.4. The van der Waals surface area contributed by atoms with Crippen molar-refractivity contribution in [2.45, 2.75) is 51.9 Å². The van der Waals surface area contributed by atoms with Crippen LogP contribution in [0.15, 0.2) is 36.7 Å². The van der Waals surface area contributed by atoms with Gasteiger partial charge in [0.05, 0.1) is 0 Å². The van der Waals surface area contributed by atoms with Crippen LogP contribution in [0.5, 0.6) is 0 Å². The summed E-state index contributed by atoms with van der Waals surface area (Å²) >= 11 is 0. The maximum absolute atomic E-state index is 12.8. The number of hydrogen-bond donors (Lipinski definition) is 1. The summed E-state index contributed by atoms with van der Waals surface area (Å²) in [6.45, 7) is 8.40. The van der Waals surface area contributed by atoms with E-state index in [-0.39, 0.29) is 11.3 Å². The molecule has 0 radical (unpaired) electrons. The SMILES string of the molecule is CC(C)(C)c1ccccc1NC(=O)c1cc(N2CCCCCC2)ncn1. The Morgan fingerprint density at radius 3 is 2.42 bits per heavy atom. The molecule has 1 aliphatic heterocycles. The van der Waals surface area contributed by atoms with Gasteiger partial charge in [-0.2, -0.15) is 0 Å². The third kappa shape index (κ3) is 4.40. The van der Waals surface area contributed by atoms with Crippen molar-refractivity contribution in [2.24, 2.45) is 0 Å². The van der Waals surface area contributed by atoms with E-state index in [9.17, 15) is 4.79 Å². The maximum atomic E-state index is 12.8. The molecule has 0 bridgehead atoms. The molecule has 1 amide bonds. The fourth-order valence-electron chi connectivity index (χ4n) is 3.38. The smallest absolute Gasteiger partial charge is 0.274 e. The minimum Gasteiger partial charge on any atom is -0.357 e. The van der Waals surface area contributed by atoms with Crippen molar-refractivity contribution in [1.29, 1.82) is 0 Å². The first-order chi connectivity index (χ1) is 12.4. The Labute approximate surface area is 155 Å². The van der Waals surface area contributed by atoms with E-state index in [0.717, 1.165) is 30.2 Å². The van der Waals surface area contributed by atoms with Gasteiger partial charge in [-0.3, -0.25) is 4.79 Å². The molecule has 1 fully saturated rings. The molecular formula is C21H28N4O. The molecule has 26 heavy (non-hydrogen) atoms. The van der Waals surface area contributed by atoms with Gasteiger partial charge in [0.2, 0.25) is 0 Å². The number of nitrogens with zero attached hydrogens (tertiary/aromatic N) is 3. The van der Waals surface area contributed by atoms with Gasteiger partial charge in [-0.1, -0.05) is 51.8 Å². The van der Waals surface area contributed by atoms with Crippen LogP contribution in [0.25, 0.3) is 0 Å². The summed E-state index contributed by atoms with van der Waals surface area (Å²) in [5.41, 5.74) is 2.30. The van der Waals surface area contributed by atoms with E-state index in [1.165, 1.54) is 32.0 Å². The molecule has 0 atom stereocenters. The molecular weight excluding hydrogens is 324 g/mol. The molecule has 5 heteroatoms. The minimum atomic E-state index is -0.194. The molecule has 5 nitrogen and oxygen atoms in total. The number of para-hydroxylation sites is 1. The average Bonchev–Trinajstić information content (AvgIpc) is 2.91. The fraction of sp³-hybridized carbons (Fsp3) is 0.476. The van der Waals surface area contributed by atoms with E-state index in [1.807, 2.05) is 18.2 Å². The topological polar surface area (TPSA) is 58.1 Å². The van der Waals surface area contributed by atoms with Crippen molar-refractivity contribution in [1.82, 2.24) is 9.97 Å². The molecule has 1 saturated heterocycles. The van der Waals surface area contributed by atoms with Gasteiger partial charge in [0.25, 0.3) is 5.91 Å². The third-order valence-electron chi connectivity index (χ3n) is 4.80. The highest BCUT2D eigenvalue weighted by Gasteiger charge is 2.20. The molecule has 3 rings (SSSR count). The lowest BCUT2D eigenvalue weighted by Gasteiger charge is -2.23. The number of anilines is 2. The van der Waals surface area contributed by atoms with Gasteiger partial charge in [-0.15, -0.1) is 0 Å². The predicted molar refractivity (Wildman–Crippen MR) is 106 cm³/mol. The molecule has 1 aromatic carbocycles. The van der Waals surface area contributed by atoms with Crippen molar-refractivity contribution >= 4 is 17.4 Å². The van der Waals surface area contributed by atoms with E-state index in [1.54, 1.807) is 6.07 Å². The molecule has 1 N–H and O–H groups in total. The van der Waals surface area contributed by atoms with Crippen molar-refractivity contribution in [3.8, 4) is 0 Å². The molecule has 1 aromatic heterocycles. The van der Waals surface area contributed by atoms with Crippen LogP contribution < -0.4 is 10.2 Å². The Morgan fingerprint density at radius 2 is 1.73 bits per heavy atom. The quantitative estimate of drug-likeness (QED) is 0.889. The average molecular weight is 352 g/mol. The van der Waals surface area contributed by atoms with Crippen molar-refractivity contribution in [2.75, 3.05) is 23.3 Å². The molecule has 1 aliphatic rings. The number of aromatic nitrogens is 2.